The average Bonchev–Trinajstić information content (AvgIpc) is 3.32. The second-order valence-corrected chi connectivity index (χ2v) is 6.18. The number of thiazole rings is 1. The fourth-order valence-electron chi connectivity index (χ4n) is 2.36. The highest BCUT2D eigenvalue weighted by atomic mass is 32.1. The molecule has 0 bridgehead atoms. The van der Waals surface area contributed by atoms with Gasteiger partial charge in [0.1, 0.15) is 16.5 Å². The molecule has 0 aliphatic rings. The van der Waals surface area contributed by atoms with Gasteiger partial charge in [0.25, 0.3) is 5.91 Å². The number of benzene rings is 1. The number of nitrogens with one attached hydrogen (secondary N) is 1. The standard InChI is InChI=1S/C18H18N2O4S/c1-11(14-5-4-8-24-14)19-17(21)13-10-25-18(20-13)12-6-7-15(22-2)16(9-12)23-3/h4-11H,1-3H3,(H,19,21)/t11-/m0/s1. The lowest BCUT2D eigenvalue weighted by Crippen LogP contribution is -2.26. The van der Waals surface area contributed by atoms with E-state index >= 15 is 0 Å². The molecule has 0 aliphatic carbocycles. The van der Waals surface area contributed by atoms with Gasteiger partial charge in [-0.25, -0.2) is 4.98 Å². The minimum atomic E-state index is -0.244. The van der Waals surface area contributed by atoms with Crippen LogP contribution in [-0.2, 0) is 0 Å². The Balaban J connectivity index is 1.77. The van der Waals surface area contributed by atoms with Crippen molar-refractivity contribution in [1.29, 1.82) is 0 Å². The normalized spacial score (nSPS) is 11.8. The zero-order chi connectivity index (χ0) is 17.8. The van der Waals surface area contributed by atoms with Gasteiger partial charge in [-0.2, -0.15) is 0 Å². The molecule has 1 aromatic carbocycles. The van der Waals surface area contributed by atoms with Crippen LogP contribution in [0, 0.1) is 0 Å². The minimum absolute atomic E-state index is 0.228. The van der Waals surface area contributed by atoms with Crippen molar-refractivity contribution in [3.63, 3.8) is 0 Å². The lowest BCUT2D eigenvalue weighted by molar-refractivity contribution is 0.0931. The molecule has 1 amide bonds. The summed E-state index contributed by atoms with van der Waals surface area (Å²) >= 11 is 1.40. The highest BCUT2D eigenvalue weighted by molar-refractivity contribution is 7.13. The van der Waals surface area contributed by atoms with Crippen LogP contribution in [0.2, 0.25) is 0 Å². The summed E-state index contributed by atoms with van der Waals surface area (Å²) in [7, 11) is 3.17. The first-order valence-electron chi connectivity index (χ1n) is 7.64. The number of carbonyl (C=O) groups is 1. The summed E-state index contributed by atoms with van der Waals surface area (Å²) < 4.78 is 15.8. The Bertz CT molecular complexity index is 858. The topological polar surface area (TPSA) is 73.6 Å². The van der Waals surface area contributed by atoms with Gasteiger partial charge in [0.05, 0.1) is 26.5 Å². The van der Waals surface area contributed by atoms with E-state index in [0.29, 0.717) is 23.0 Å². The molecule has 7 heteroatoms. The van der Waals surface area contributed by atoms with Crippen molar-refractivity contribution in [2.45, 2.75) is 13.0 Å². The molecule has 3 aromatic rings. The predicted octanol–water partition coefficient (Wildman–Crippen LogP) is 3.91. The van der Waals surface area contributed by atoms with Gasteiger partial charge in [-0.15, -0.1) is 11.3 Å². The third kappa shape index (κ3) is 3.66. The summed E-state index contributed by atoms with van der Waals surface area (Å²) in [6, 6.07) is 8.91. The zero-order valence-electron chi connectivity index (χ0n) is 14.1. The monoisotopic (exact) mass is 358 g/mol. The number of rotatable bonds is 6. The van der Waals surface area contributed by atoms with E-state index in [2.05, 4.69) is 10.3 Å². The molecular weight excluding hydrogens is 340 g/mol. The third-order valence-electron chi connectivity index (χ3n) is 3.68. The Morgan fingerprint density at radius 2 is 2.04 bits per heavy atom. The number of methoxy groups -OCH3 is 2. The summed E-state index contributed by atoms with van der Waals surface area (Å²) in [6.07, 6.45) is 1.58. The first-order chi connectivity index (χ1) is 12.1. The molecule has 0 saturated carbocycles. The number of nitrogens with zero attached hydrogens (tertiary/aromatic N) is 1. The van der Waals surface area contributed by atoms with E-state index in [4.69, 9.17) is 13.9 Å². The number of hydrogen-bond donors (Lipinski definition) is 1. The van der Waals surface area contributed by atoms with Gasteiger partial charge in [0, 0.05) is 10.9 Å². The minimum Gasteiger partial charge on any atom is -0.493 e. The average molecular weight is 358 g/mol. The fraction of sp³-hybridized carbons (Fsp3) is 0.222. The number of aromatic nitrogens is 1. The fourth-order valence-corrected chi connectivity index (χ4v) is 3.16. The molecule has 0 radical (unpaired) electrons. The molecule has 2 aromatic heterocycles. The summed E-state index contributed by atoms with van der Waals surface area (Å²) in [4.78, 5) is 16.8. The van der Waals surface area contributed by atoms with Crippen LogP contribution in [-0.4, -0.2) is 25.1 Å². The van der Waals surface area contributed by atoms with Gasteiger partial charge in [-0.3, -0.25) is 4.79 Å². The SMILES string of the molecule is COc1ccc(-c2nc(C(=O)N[C@@H](C)c3ccco3)cs2)cc1OC. The summed E-state index contributed by atoms with van der Waals surface area (Å²) in [6.45, 7) is 1.86. The Kier molecular flexibility index (Phi) is 5.04. The van der Waals surface area contributed by atoms with E-state index < -0.39 is 0 Å². The second kappa shape index (κ2) is 7.40. The van der Waals surface area contributed by atoms with E-state index in [1.807, 2.05) is 31.2 Å². The van der Waals surface area contributed by atoms with E-state index in [9.17, 15) is 4.79 Å². The lowest BCUT2D eigenvalue weighted by atomic mass is 10.2. The molecule has 6 nitrogen and oxygen atoms in total. The summed E-state index contributed by atoms with van der Waals surface area (Å²) in [5, 5.41) is 5.34. The lowest BCUT2D eigenvalue weighted by Gasteiger charge is -2.10. The quantitative estimate of drug-likeness (QED) is 0.723. The maximum atomic E-state index is 12.4. The maximum Gasteiger partial charge on any atom is 0.271 e. The number of hydrogen-bond acceptors (Lipinski definition) is 6. The number of carbonyl (C=O) groups excluding carboxylic acids is 1. The summed E-state index contributed by atoms with van der Waals surface area (Å²) in [5.74, 6) is 1.72. The van der Waals surface area contributed by atoms with Gasteiger partial charge < -0.3 is 19.2 Å². The molecule has 2 heterocycles. The third-order valence-corrected chi connectivity index (χ3v) is 4.58. The first kappa shape index (κ1) is 17.0. The molecule has 0 aliphatic heterocycles. The number of amides is 1. The molecule has 1 atom stereocenters. The van der Waals surface area contributed by atoms with Gasteiger partial charge in [-0.1, -0.05) is 0 Å². The van der Waals surface area contributed by atoms with Crippen molar-refractivity contribution >= 4 is 17.2 Å². The van der Waals surface area contributed by atoms with Gasteiger partial charge in [-0.05, 0) is 37.3 Å². The van der Waals surface area contributed by atoms with E-state index in [0.717, 1.165) is 10.6 Å². The van der Waals surface area contributed by atoms with Crippen molar-refractivity contribution in [3.05, 3.63) is 53.4 Å². The molecular formula is C18H18N2O4S. The zero-order valence-corrected chi connectivity index (χ0v) is 14.9. The highest BCUT2D eigenvalue weighted by Gasteiger charge is 2.17. The van der Waals surface area contributed by atoms with Gasteiger partial charge in [0.2, 0.25) is 0 Å². The van der Waals surface area contributed by atoms with Crippen LogP contribution in [0.15, 0.2) is 46.4 Å². The van der Waals surface area contributed by atoms with Crippen molar-refractivity contribution in [3.8, 4) is 22.1 Å². The molecule has 0 fully saturated rings. The van der Waals surface area contributed by atoms with Crippen LogP contribution in [0.25, 0.3) is 10.6 Å². The van der Waals surface area contributed by atoms with Crippen molar-refractivity contribution < 1.29 is 18.7 Å². The molecule has 0 unspecified atom stereocenters. The van der Waals surface area contributed by atoms with Crippen LogP contribution >= 0.6 is 11.3 Å². The van der Waals surface area contributed by atoms with E-state index in [-0.39, 0.29) is 11.9 Å². The van der Waals surface area contributed by atoms with Crippen LogP contribution in [0.1, 0.15) is 29.2 Å². The molecule has 1 N–H and O–H groups in total. The molecule has 0 saturated heterocycles. The first-order valence-corrected chi connectivity index (χ1v) is 8.52. The van der Waals surface area contributed by atoms with E-state index in [1.165, 1.54) is 11.3 Å². The van der Waals surface area contributed by atoms with Crippen LogP contribution in [0.3, 0.4) is 0 Å². The smallest absolute Gasteiger partial charge is 0.271 e. The predicted molar refractivity (Wildman–Crippen MR) is 95.2 cm³/mol. The summed E-state index contributed by atoms with van der Waals surface area (Å²) in [5.41, 5.74) is 1.23. The Morgan fingerprint density at radius 3 is 2.72 bits per heavy atom. The molecule has 0 spiro atoms. The largest absolute Gasteiger partial charge is 0.493 e. The van der Waals surface area contributed by atoms with Crippen LogP contribution < -0.4 is 14.8 Å². The van der Waals surface area contributed by atoms with E-state index in [1.54, 1.807) is 31.9 Å². The Labute approximate surface area is 149 Å². The Morgan fingerprint density at radius 1 is 1.24 bits per heavy atom. The molecule has 130 valence electrons. The molecule has 3 rings (SSSR count). The van der Waals surface area contributed by atoms with Gasteiger partial charge >= 0.3 is 0 Å². The van der Waals surface area contributed by atoms with Crippen LogP contribution in [0.4, 0.5) is 0 Å². The van der Waals surface area contributed by atoms with Gasteiger partial charge in [0.15, 0.2) is 11.5 Å². The van der Waals surface area contributed by atoms with Crippen LogP contribution in [0.5, 0.6) is 11.5 Å². The van der Waals surface area contributed by atoms with Crippen molar-refractivity contribution in [2.24, 2.45) is 0 Å². The number of furan rings is 1. The Hall–Kier alpha value is -2.80. The maximum absolute atomic E-state index is 12.4. The second-order valence-electron chi connectivity index (χ2n) is 5.32. The molecule has 25 heavy (non-hydrogen) atoms. The van der Waals surface area contributed by atoms with Crippen molar-refractivity contribution in [2.75, 3.05) is 14.2 Å². The highest BCUT2D eigenvalue weighted by Crippen LogP contribution is 2.33. The van der Waals surface area contributed by atoms with Crippen molar-refractivity contribution in [1.82, 2.24) is 10.3 Å². The number of ether oxygens (including phenoxy) is 2.